The van der Waals surface area contributed by atoms with Crippen molar-refractivity contribution in [3.05, 3.63) is 60.2 Å². The van der Waals surface area contributed by atoms with E-state index < -0.39 is 10.0 Å². The highest BCUT2D eigenvalue weighted by Crippen LogP contribution is 2.23. The van der Waals surface area contributed by atoms with E-state index in [0.717, 1.165) is 5.56 Å². The molecule has 156 valence electrons. The normalized spacial score (nSPS) is 16.4. The van der Waals surface area contributed by atoms with Crippen LogP contribution in [0.1, 0.15) is 31.7 Å². The smallest absolute Gasteiger partial charge is 0.243 e. The summed E-state index contributed by atoms with van der Waals surface area (Å²) in [6.07, 6.45) is 0.426. The van der Waals surface area contributed by atoms with Gasteiger partial charge in [-0.2, -0.15) is 4.31 Å². The number of sulfonamides is 1. The molecule has 1 heterocycles. The molecular formula is C22H28N2O4S. The number of hydrogen-bond donors (Lipinski definition) is 0. The molecule has 1 aliphatic rings. The molecule has 0 unspecified atom stereocenters. The van der Waals surface area contributed by atoms with Gasteiger partial charge >= 0.3 is 0 Å². The van der Waals surface area contributed by atoms with Crippen molar-refractivity contribution in [3.8, 4) is 5.75 Å². The van der Waals surface area contributed by atoms with E-state index in [1.165, 1.54) is 4.31 Å². The van der Waals surface area contributed by atoms with Crippen molar-refractivity contribution >= 4 is 15.9 Å². The topological polar surface area (TPSA) is 66.9 Å². The highest BCUT2D eigenvalue weighted by atomic mass is 32.2. The second-order valence-corrected chi connectivity index (χ2v) is 9.14. The lowest BCUT2D eigenvalue weighted by molar-refractivity contribution is -0.132. The highest BCUT2D eigenvalue weighted by Gasteiger charge is 2.30. The van der Waals surface area contributed by atoms with E-state index in [1.807, 2.05) is 44.2 Å². The van der Waals surface area contributed by atoms with Crippen LogP contribution in [0.2, 0.25) is 0 Å². The number of nitrogens with zero attached hydrogens (tertiary/aromatic N) is 2. The van der Waals surface area contributed by atoms with Crippen molar-refractivity contribution in [2.75, 3.05) is 32.8 Å². The molecule has 0 aliphatic carbocycles. The van der Waals surface area contributed by atoms with E-state index in [-0.39, 0.29) is 16.7 Å². The Hall–Kier alpha value is -2.38. The first-order chi connectivity index (χ1) is 13.9. The zero-order valence-electron chi connectivity index (χ0n) is 17.0. The molecule has 2 aromatic carbocycles. The molecule has 0 aromatic heterocycles. The van der Waals surface area contributed by atoms with Crippen LogP contribution in [0.25, 0.3) is 0 Å². The number of ether oxygens (including phenoxy) is 1. The molecule has 1 aliphatic heterocycles. The van der Waals surface area contributed by atoms with Crippen molar-refractivity contribution in [2.45, 2.75) is 31.1 Å². The van der Waals surface area contributed by atoms with Gasteiger partial charge in [0.15, 0.2) is 0 Å². The van der Waals surface area contributed by atoms with E-state index in [2.05, 4.69) is 0 Å². The Morgan fingerprint density at radius 3 is 2.21 bits per heavy atom. The lowest BCUT2D eigenvalue weighted by Gasteiger charge is -2.34. The van der Waals surface area contributed by atoms with Crippen LogP contribution in [0.4, 0.5) is 0 Å². The molecule has 6 nitrogen and oxygen atoms in total. The predicted octanol–water partition coefficient (Wildman–Crippen LogP) is 3.11. The predicted molar refractivity (Wildman–Crippen MR) is 112 cm³/mol. The number of hydrogen-bond acceptors (Lipinski definition) is 4. The van der Waals surface area contributed by atoms with Crippen LogP contribution in [-0.4, -0.2) is 56.3 Å². The van der Waals surface area contributed by atoms with Gasteiger partial charge in [-0.3, -0.25) is 4.79 Å². The summed E-state index contributed by atoms with van der Waals surface area (Å²) >= 11 is 0. The van der Waals surface area contributed by atoms with E-state index >= 15 is 0 Å². The Labute approximate surface area is 173 Å². The van der Waals surface area contributed by atoms with E-state index in [4.69, 9.17) is 4.74 Å². The van der Waals surface area contributed by atoms with E-state index in [0.29, 0.717) is 45.0 Å². The fraction of sp³-hybridized carbons (Fsp3) is 0.409. The minimum Gasteiger partial charge on any atom is -0.494 e. The van der Waals surface area contributed by atoms with Crippen molar-refractivity contribution in [1.29, 1.82) is 0 Å². The van der Waals surface area contributed by atoms with Crippen LogP contribution in [-0.2, 0) is 14.8 Å². The first kappa shape index (κ1) is 21.3. The summed E-state index contributed by atoms with van der Waals surface area (Å²) in [6.45, 7) is 5.89. The molecule has 0 spiro atoms. The monoisotopic (exact) mass is 416 g/mol. The molecule has 0 N–H and O–H groups in total. The van der Waals surface area contributed by atoms with Gasteiger partial charge in [0, 0.05) is 32.6 Å². The highest BCUT2D eigenvalue weighted by molar-refractivity contribution is 7.89. The Morgan fingerprint density at radius 1 is 1.00 bits per heavy atom. The Kier molecular flexibility index (Phi) is 6.92. The quantitative estimate of drug-likeness (QED) is 0.696. The standard InChI is InChI=1S/C22H28N2O4S/c1-3-28-20-9-11-21(12-10-20)29(26,27)24-15-13-23(14-16-24)22(25)17-18(2)19-7-5-4-6-8-19/h4-12,18H,3,13-17H2,1-2H3/t18-/m0/s1. The van der Waals surface area contributed by atoms with Gasteiger partial charge in [0.1, 0.15) is 5.75 Å². The average molecular weight is 417 g/mol. The Balaban J connectivity index is 1.57. The minimum absolute atomic E-state index is 0.0690. The van der Waals surface area contributed by atoms with Crippen molar-refractivity contribution < 1.29 is 17.9 Å². The summed E-state index contributed by atoms with van der Waals surface area (Å²) in [5.41, 5.74) is 1.14. The molecule has 1 fully saturated rings. The third kappa shape index (κ3) is 5.16. The first-order valence-corrected chi connectivity index (χ1v) is 11.4. The largest absolute Gasteiger partial charge is 0.494 e. The second-order valence-electron chi connectivity index (χ2n) is 7.21. The molecule has 0 radical (unpaired) electrons. The number of carbonyl (C=O) groups excluding carboxylic acids is 1. The molecule has 0 saturated carbocycles. The Morgan fingerprint density at radius 2 is 1.62 bits per heavy atom. The fourth-order valence-corrected chi connectivity index (χ4v) is 4.91. The Bertz CT molecular complexity index is 906. The summed E-state index contributed by atoms with van der Waals surface area (Å²) < 4.78 is 32.6. The summed E-state index contributed by atoms with van der Waals surface area (Å²) in [5, 5.41) is 0. The van der Waals surface area contributed by atoms with Gasteiger partial charge in [-0.1, -0.05) is 37.3 Å². The van der Waals surface area contributed by atoms with Gasteiger partial charge < -0.3 is 9.64 Å². The minimum atomic E-state index is -3.57. The van der Waals surface area contributed by atoms with Crippen LogP contribution >= 0.6 is 0 Å². The van der Waals surface area contributed by atoms with Gasteiger partial charge in [0.2, 0.25) is 15.9 Å². The van der Waals surface area contributed by atoms with Gasteiger partial charge in [-0.05, 0) is 42.7 Å². The number of carbonyl (C=O) groups is 1. The molecule has 1 amide bonds. The lowest BCUT2D eigenvalue weighted by Crippen LogP contribution is -2.50. The third-order valence-electron chi connectivity index (χ3n) is 5.21. The molecule has 1 atom stereocenters. The molecule has 3 rings (SSSR count). The first-order valence-electron chi connectivity index (χ1n) is 9.97. The van der Waals surface area contributed by atoms with Gasteiger partial charge in [-0.25, -0.2) is 8.42 Å². The lowest BCUT2D eigenvalue weighted by atomic mass is 9.97. The van der Waals surface area contributed by atoms with Gasteiger partial charge in [-0.15, -0.1) is 0 Å². The third-order valence-corrected chi connectivity index (χ3v) is 7.13. The molecule has 29 heavy (non-hydrogen) atoms. The SMILES string of the molecule is CCOc1ccc(S(=O)(=O)N2CCN(C(=O)C[C@H](C)c3ccccc3)CC2)cc1. The number of rotatable bonds is 7. The summed E-state index contributed by atoms with van der Waals surface area (Å²) in [7, 11) is -3.57. The van der Waals surface area contributed by atoms with Gasteiger partial charge in [0.25, 0.3) is 0 Å². The van der Waals surface area contributed by atoms with Crippen LogP contribution in [0.5, 0.6) is 5.75 Å². The molecule has 7 heteroatoms. The average Bonchev–Trinajstić information content (AvgIpc) is 2.75. The van der Waals surface area contributed by atoms with Crippen LogP contribution in [0.3, 0.4) is 0 Å². The second kappa shape index (κ2) is 9.41. The zero-order chi connectivity index (χ0) is 20.9. The van der Waals surface area contributed by atoms with E-state index in [9.17, 15) is 13.2 Å². The maximum Gasteiger partial charge on any atom is 0.243 e. The molecule has 1 saturated heterocycles. The molecular weight excluding hydrogens is 388 g/mol. The zero-order valence-corrected chi connectivity index (χ0v) is 17.8. The molecule has 0 bridgehead atoms. The maximum absolute atomic E-state index is 12.9. The summed E-state index contributed by atoms with van der Waals surface area (Å²) in [5.74, 6) is 0.850. The number of benzene rings is 2. The van der Waals surface area contributed by atoms with Crippen molar-refractivity contribution in [1.82, 2.24) is 9.21 Å². The number of amides is 1. The van der Waals surface area contributed by atoms with Crippen molar-refractivity contribution in [2.24, 2.45) is 0 Å². The fourth-order valence-electron chi connectivity index (χ4n) is 3.49. The van der Waals surface area contributed by atoms with Crippen LogP contribution in [0, 0.1) is 0 Å². The van der Waals surface area contributed by atoms with E-state index in [1.54, 1.807) is 29.2 Å². The maximum atomic E-state index is 12.9. The molecule has 2 aromatic rings. The van der Waals surface area contributed by atoms with Crippen molar-refractivity contribution in [3.63, 3.8) is 0 Å². The summed E-state index contributed by atoms with van der Waals surface area (Å²) in [4.78, 5) is 14.7. The van der Waals surface area contributed by atoms with Crippen LogP contribution in [0.15, 0.2) is 59.5 Å². The number of piperazine rings is 1. The summed E-state index contributed by atoms with van der Waals surface area (Å²) in [6, 6.07) is 16.4. The van der Waals surface area contributed by atoms with Gasteiger partial charge in [0.05, 0.1) is 11.5 Å². The van der Waals surface area contributed by atoms with Crippen LogP contribution < -0.4 is 4.74 Å².